The summed E-state index contributed by atoms with van der Waals surface area (Å²) in [5.41, 5.74) is 0. The Morgan fingerprint density at radius 2 is 1.30 bits per heavy atom. The summed E-state index contributed by atoms with van der Waals surface area (Å²) >= 11 is 0. The van der Waals surface area contributed by atoms with Gasteiger partial charge in [0.1, 0.15) is 0 Å². The molecule has 0 fully saturated rings. The number of ketones is 2. The molecule has 0 amide bonds. The van der Waals surface area contributed by atoms with Crippen LogP contribution in [0.15, 0.2) is 49.2 Å². The first-order valence-corrected chi connectivity index (χ1v) is 8.88. The Kier molecular flexibility index (Phi) is 14.2. The average molecular weight is 418 g/mol. The molecule has 2 rings (SSSR count). The van der Waals surface area contributed by atoms with Crippen LogP contribution < -0.4 is 0 Å². The monoisotopic (exact) mass is 418 g/mol. The lowest BCUT2D eigenvalue weighted by Gasteiger charge is -2.19. The molecule has 0 unspecified atom stereocenters. The number of rotatable bonds is 7. The fourth-order valence-corrected chi connectivity index (χ4v) is 1.72. The Hall–Kier alpha value is -3.08. The Morgan fingerprint density at radius 1 is 0.867 bits per heavy atom. The molecule has 0 saturated carbocycles. The second kappa shape index (κ2) is 15.8. The van der Waals surface area contributed by atoms with Crippen molar-refractivity contribution < 1.29 is 19.1 Å². The van der Waals surface area contributed by atoms with Crippen LogP contribution in [0.4, 0.5) is 0 Å². The van der Waals surface area contributed by atoms with Crippen molar-refractivity contribution in [1.82, 2.24) is 29.7 Å². The molecule has 0 aromatic carbocycles. The molecule has 0 N–H and O–H groups in total. The molecule has 2 aromatic rings. The third-order valence-electron chi connectivity index (χ3n) is 3.02. The summed E-state index contributed by atoms with van der Waals surface area (Å²) in [4.78, 5) is 40.5. The highest BCUT2D eigenvalue weighted by Crippen LogP contribution is 1.92. The largest absolute Gasteiger partial charge is 0.383 e. The minimum absolute atomic E-state index is 0.101. The van der Waals surface area contributed by atoms with Gasteiger partial charge in [-0.25, -0.2) is 19.9 Å². The SMILES string of the molecule is CC(=O)c1ncccn1.CN(C)/C=C/C(=O)c1ncccn1.COC(OC)N(C)C. The summed E-state index contributed by atoms with van der Waals surface area (Å²) in [7, 11) is 10.7. The second-order valence-electron chi connectivity index (χ2n) is 6.09. The molecule has 0 aliphatic heterocycles. The highest BCUT2D eigenvalue weighted by Gasteiger charge is 2.04. The van der Waals surface area contributed by atoms with Crippen LogP contribution in [0.25, 0.3) is 0 Å². The maximum Gasteiger partial charge on any atom is 0.224 e. The minimum Gasteiger partial charge on any atom is -0.383 e. The smallest absolute Gasteiger partial charge is 0.224 e. The van der Waals surface area contributed by atoms with Gasteiger partial charge in [0.2, 0.25) is 12.2 Å². The lowest BCUT2D eigenvalue weighted by Crippen LogP contribution is -2.30. The van der Waals surface area contributed by atoms with Gasteiger partial charge in [0.25, 0.3) is 0 Å². The van der Waals surface area contributed by atoms with Crippen molar-refractivity contribution in [3.63, 3.8) is 0 Å². The number of allylic oxidation sites excluding steroid dienone is 1. The van der Waals surface area contributed by atoms with Gasteiger partial charge in [-0.15, -0.1) is 0 Å². The standard InChI is InChI=1S/C9H11N3O.C6H6N2O.C5H13NO2/c1-12(2)7-4-8(13)9-10-5-3-6-11-9;1-5(9)6-7-3-2-4-8-6;1-6(2)5(7-3)8-4/h3-7H,1-2H3;2-4H,1H3;5H,1-4H3/b7-4+;;. The fraction of sp³-hybridized carbons (Fsp3) is 0.400. The summed E-state index contributed by atoms with van der Waals surface area (Å²) in [6.45, 7) is 1.44. The lowest BCUT2D eigenvalue weighted by molar-refractivity contribution is -0.179. The number of hydrogen-bond acceptors (Lipinski definition) is 10. The van der Waals surface area contributed by atoms with E-state index in [-0.39, 0.29) is 29.6 Å². The van der Waals surface area contributed by atoms with E-state index in [1.807, 2.05) is 33.1 Å². The molecule has 164 valence electrons. The third kappa shape index (κ3) is 12.4. The van der Waals surface area contributed by atoms with E-state index in [1.54, 1.807) is 62.2 Å². The first kappa shape index (κ1) is 26.9. The molecule has 0 radical (unpaired) electrons. The molecule has 0 spiro atoms. The second-order valence-corrected chi connectivity index (χ2v) is 6.09. The van der Waals surface area contributed by atoms with Crippen molar-refractivity contribution in [3.05, 3.63) is 60.8 Å². The van der Waals surface area contributed by atoms with Gasteiger partial charge in [-0.05, 0) is 26.2 Å². The molecule has 0 bridgehead atoms. The van der Waals surface area contributed by atoms with E-state index in [1.165, 1.54) is 13.0 Å². The molecule has 2 aromatic heterocycles. The van der Waals surface area contributed by atoms with E-state index in [0.717, 1.165) is 0 Å². The van der Waals surface area contributed by atoms with Crippen LogP contribution in [-0.2, 0) is 9.47 Å². The van der Waals surface area contributed by atoms with Gasteiger partial charge in [-0.1, -0.05) is 0 Å². The van der Waals surface area contributed by atoms with Crippen molar-refractivity contribution in [2.75, 3.05) is 42.4 Å². The quantitative estimate of drug-likeness (QED) is 0.373. The van der Waals surface area contributed by atoms with Gasteiger partial charge in [0.05, 0.1) is 0 Å². The number of Topliss-reactive ketones (excluding diaryl/α,β-unsaturated/α-hetero) is 1. The predicted octanol–water partition coefficient (Wildman–Crippen LogP) is 1.54. The molecule has 0 aliphatic rings. The van der Waals surface area contributed by atoms with E-state index in [4.69, 9.17) is 9.47 Å². The number of nitrogens with zero attached hydrogens (tertiary/aromatic N) is 6. The number of methoxy groups -OCH3 is 2. The van der Waals surface area contributed by atoms with Gasteiger partial charge >= 0.3 is 0 Å². The highest BCUT2D eigenvalue weighted by molar-refractivity contribution is 6.01. The third-order valence-corrected chi connectivity index (χ3v) is 3.02. The van der Waals surface area contributed by atoms with Gasteiger partial charge in [0.15, 0.2) is 17.4 Å². The van der Waals surface area contributed by atoms with E-state index in [0.29, 0.717) is 0 Å². The number of ether oxygens (including phenoxy) is 2. The number of aromatic nitrogens is 4. The summed E-state index contributed by atoms with van der Waals surface area (Å²) in [5, 5.41) is 0. The Labute approximate surface area is 177 Å². The molecule has 10 heteroatoms. The average Bonchev–Trinajstić information content (AvgIpc) is 2.75. The van der Waals surface area contributed by atoms with Gasteiger partial charge in [0, 0.05) is 72.3 Å². The van der Waals surface area contributed by atoms with Crippen LogP contribution in [0.5, 0.6) is 0 Å². The molecule has 10 nitrogen and oxygen atoms in total. The topological polar surface area (TPSA) is 111 Å². The Morgan fingerprint density at radius 3 is 1.57 bits per heavy atom. The molecule has 0 saturated heterocycles. The predicted molar refractivity (Wildman–Crippen MR) is 113 cm³/mol. The number of hydrogen-bond donors (Lipinski definition) is 0. The summed E-state index contributed by atoms with van der Waals surface area (Å²) in [6.07, 6.45) is 9.07. The maximum atomic E-state index is 11.3. The van der Waals surface area contributed by atoms with E-state index in [2.05, 4.69) is 19.9 Å². The lowest BCUT2D eigenvalue weighted by atomic mass is 10.3. The van der Waals surface area contributed by atoms with Crippen LogP contribution in [0.2, 0.25) is 0 Å². The molecule has 0 aliphatic carbocycles. The van der Waals surface area contributed by atoms with Crippen LogP contribution in [-0.4, -0.2) is 90.1 Å². The first-order chi connectivity index (χ1) is 14.2. The van der Waals surface area contributed by atoms with Crippen LogP contribution in [0.1, 0.15) is 28.2 Å². The first-order valence-electron chi connectivity index (χ1n) is 8.88. The van der Waals surface area contributed by atoms with Crippen LogP contribution >= 0.6 is 0 Å². The molecular weight excluding hydrogens is 388 g/mol. The fourth-order valence-electron chi connectivity index (χ4n) is 1.72. The highest BCUT2D eigenvalue weighted by atomic mass is 16.7. The van der Waals surface area contributed by atoms with Gasteiger partial charge in [-0.2, -0.15) is 0 Å². The van der Waals surface area contributed by atoms with Gasteiger partial charge in [-0.3, -0.25) is 14.5 Å². The van der Waals surface area contributed by atoms with Crippen molar-refractivity contribution in [2.45, 2.75) is 13.3 Å². The molecule has 30 heavy (non-hydrogen) atoms. The Bertz CT molecular complexity index is 750. The summed E-state index contributed by atoms with van der Waals surface area (Å²) < 4.78 is 9.73. The van der Waals surface area contributed by atoms with E-state index in [9.17, 15) is 9.59 Å². The molecule has 0 atom stereocenters. The normalized spacial score (nSPS) is 10.2. The van der Waals surface area contributed by atoms with Gasteiger partial charge < -0.3 is 14.4 Å². The number of carbonyl (C=O) groups excluding carboxylic acids is 2. The zero-order chi connectivity index (χ0) is 22.9. The minimum atomic E-state index is -0.213. The maximum absolute atomic E-state index is 11.3. The van der Waals surface area contributed by atoms with E-state index < -0.39 is 0 Å². The van der Waals surface area contributed by atoms with Crippen molar-refractivity contribution in [3.8, 4) is 0 Å². The van der Waals surface area contributed by atoms with Crippen molar-refractivity contribution in [2.24, 2.45) is 0 Å². The summed E-state index contributed by atoms with van der Waals surface area (Å²) in [6, 6.07) is 3.35. The Balaban J connectivity index is 0.000000438. The summed E-state index contributed by atoms with van der Waals surface area (Å²) in [5.74, 6) is 0.211. The zero-order valence-electron chi connectivity index (χ0n) is 18.5. The molecular formula is C20H30N6O4. The number of carbonyl (C=O) groups is 2. The van der Waals surface area contributed by atoms with Crippen molar-refractivity contribution in [1.29, 1.82) is 0 Å². The van der Waals surface area contributed by atoms with Crippen LogP contribution in [0, 0.1) is 0 Å². The van der Waals surface area contributed by atoms with Crippen LogP contribution in [0.3, 0.4) is 0 Å². The molecule has 2 heterocycles. The van der Waals surface area contributed by atoms with Crippen molar-refractivity contribution >= 4 is 11.6 Å². The zero-order valence-corrected chi connectivity index (χ0v) is 18.5. The van der Waals surface area contributed by atoms with E-state index >= 15 is 0 Å².